The van der Waals surface area contributed by atoms with E-state index in [4.69, 9.17) is 2.74 Å². The molecule has 2 N–H and O–H groups in total. The van der Waals surface area contributed by atoms with Crippen LogP contribution in [0.5, 0.6) is 0 Å². The van der Waals surface area contributed by atoms with E-state index < -0.39 is 31.1 Å². The van der Waals surface area contributed by atoms with Crippen molar-refractivity contribution in [2.75, 3.05) is 6.54 Å². The molecule has 1 fully saturated rings. The van der Waals surface area contributed by atoms with Gasteiger partial charge >= 0.3 is 12.1 Å². The maximum Gasteiger partial charge on any atom is 0.471 e. The Hall–Kier alpha value is -2.00. The van der Waals surface area contributed by atoms with Crippen LogP contribution in [-0.2, 0) is 4.79 Å². The molecule has 136 valence electrons. The van der Waals surface area contributed by atoms with Crippen LogP contribution < -0.4 is 5.32 Å². The highest BCUT2D eigenvalue weighted by Crippen LogP contribution is 2.23. The summed E-state index contributed by atoms with van der Waals surface area (Å²) < 4.78 is 52.3. The van der Waals surface area contributed by atoms with Gasteiger partial charge in [0.05, 0.1) is 6.10 Å². The maximum absolute atomic E-state index is 12.2. The number of hydrogen-bond acceptors (Lipinski definition) is 2. The van der Waals surface area contributed by atoms with Crippen LogP contribution in [0, 0.1) is 17.8 Å². The average Bonchev–Trinajstić information content (AvgIpc) is 2.64. The Bertz CT molecular complexity index is 720. The van der Waals surface area contributed by atoms with Crippen LogP contribution in [0.15, 0.2) is 24.3 Å². The molecule has 1 aliphatic rings. The molecule has 0 heterocycles. The van der Waals surface area contributed by atoms with Crippen molar-refractivity contribution < 1.29 is 25.8 Å². The molecule has 1 unspecified atom stereocenters. The van der Waals surface area contributed by atoms with Crippen LogP contribution in [0.4, 0.5) is 13.2 Å². The minimum atomic E-state index is -5.10. The van der Waals surface area contributed by atoms with Crippen molar-refractivity contribution in [3.8, 4) is 11.8 Å². The first-order valence-electron chi connectivity index (χ1n) is 9.24. The fourth-order valence-electron chi connectivity index (χ4n) is 2.66. The average molecular weight is 355 g/mol. The molecule has 1 amide bonds. The van der Waals surface area contributed by atoms with Gasteiger partial charge in [0.2, 0.25) is 0 Å². The van der Waals surface area contributed by atoms with Crippen molar-refractivity contribution in [3.63, 3.8) is 0 Å². The lowest BCUT2D eigenvalue weighted by atomic mass is 9.89. The van der Waals surface area contributed by atoms with Gasteiger partial charge in [0.25, 0.3) is 0 Å². The summed E-state index contributed by atoms with van der Waals surface area (Å²) in [5.41, 5.74) is 0.795. The van der Waals surface area contributed by atoms with Crippen molar-refractivity contribution >= 4 is 5.91 Å². The third-order valence-corrected chi connectivity index (χ3v) is 4.03. The number of hydrogen-bond donors (Lipinski definition) is 2. The van der Waals surface area contributed by atoms with E-state index in [1.165, 1.54) is 23.9 Å². The molecule has 0 aromatic heterocycles. The van der Waals surface area contributed by atoms with Crippen molar-refractivity contribution in [2.24, 2.45) is 5.92 Å². The number of benzene rings is 1. The Morgan fingerprint density at radius 2 is 2.08 bits per heavy atom. The zero-order chi connectivity index (χ0) is 20.1. The van der Waals surface area contributed by atoms with E-state index >= 15 is 0 Å². The Balaban J connectivity index is 2.05. The summed E-state index contributed by atoms with van der Waals surface area (Å²) >= 11 is 0. The Morgan fingerprint density at radius 3 is 2.76 bits per heavy atom. The molecule has 0 bridgehead atoms. The van der Waals surface area contributed by atoms with E-state index in [2.05, 4.69) is 11.8 Å². The number of halogens is 3. The van der Waals surface area contributed by atoms with Crippen molar-refractivity contribution in [2.45, 2.75) is 50.8 Å². The van der Waals surface area contributed by atoms with Gasteiger partial charge in [-0.1, -0.05) is 43.2 Å². The van der Waals surface area contributed by atoms with E-state index in [0.29, 0.717) is 11.5 Å². The van der Waals surface area contributed by atoms with Gasteiger partial charge in [-0.3, -0.25) is 4.79 Å². The van der Waals surface area contributed by atoms with Crippen LogP contribution in [0.3, 0.4) is 0 Å². The van der Waals surface area contributed by atoms with E-state index in [9.17, 15) is 23.1 Å². The van der Waals surface area contributed by atoms with Crippen LogP contribution in [0.2, 0.25) is 0 Å². The summed E-state index contributed by atoms with van der Waals surface area (Å²) in [6.07, 6.45) is -3.65. The Morgan fingerprint density at radius 1 is 1.36 bits per heavy atom. The first kappa shape index (κ1) is 16.5. The van der Waals surface area contributed by atoms with Crippen LogP contribution in [0.1, 0.15) is 58.4 Å². The number of aliphatic hydroxyl groups is 1. The van der Waals surface area contributed by atoms with Crippen molar-refractivity contribution in [3.05, 3.63) is 35.4 Å². The van der Waals surface area contributed by atoms with Gasteiger partial charge in [0.1, 0.15) is 0 Å². The monoisotopic (exact) mass is 355 g/mol. The lowest BCUT2D eigenvalue weighted by molar-refractivity contribution is -0.173. The van der Waals surface area contributed by atoms with Crippen LogP contribution in [-0.4, -0.2) is 23.7 Å². The smallest absolute Gasteiger partial charge is 0.388 e. The quantitative estimate of drug-likeness (QED) is 0.809. The van der Waals surface area contributed by atoms with E-state index in [-0.39, 0.29) is 5.56 Å². The SMILES string of the molecule is [2H]C([2H])(CNC(=O)C(F)(F)F)C(O)c1cccc(C#CC2CCCCC2)c1. The second kappa shape index (κ2) is 8.91. The number of carbonyl (C=O) groups excluding carboxylic acids is 1. The minimum Gasteiger partial charge on any atom is -0.388 e. The molecule has 1 atom stereocenters. The van der Waals surface area contributed by atoms with Gasteiger partial charge in [-0.15, -0.1) is 0 Å². The zero-order valence-electron chi connectivity index (χ0n) is 15.7. The van der Waals surface area contributed by atoms with E-state index in [0.717, 1.165) is 25.7 Å². The lowest BCUT2D eigenvalue weighted by Crippen LogP contribution is -2.37. The summed E-state index contributed by atoms with van der Waals surface area (Å²) in [5.74, 6) is 4.31. The fraction of sp³-hybridized carbons (Fsp3) is 0.526. The summed E-state index contributed by atoms with van der Waals surface area (Å²) in [6.45, 7) is -0.968. The van der Waals surface area contributed by atoms with Crippen LogP contribution in [0.25, 0.3) is 0 Å². The lowest BCUT2D eigenvalue weighted by Gasteiger charge is -2.15. The van der Waals surface area contributed by atoms with E-state index in [1.807, 2.05) is 0 Å². The second-order valence-corrected chi connectivity index (χ2v) is 6.02. The van der Waals surface area contributed by atoms with Gasteiger partial charge in [-0.25, -0.2) is 0 Å². The predicted molar refractivity (Wildman–Crippen MR) is 88.5 cm³/mol. The molecule has 1 aliphatic carbocycles. The first-order valence-corrected chi connectivity index (χ1v) is 8.24. The summed E-state index contributed by atoms with van der Waals surface area (Å²) in [7, 11) is 0. The maximum atomic E-state index is 12.2. The number of alkyl halides is 3. The zero-order valence-corrected chi connectivity index (χ0v) is 13.7. The van der Waals surface area contributed by atoms with Crippen LogP contribution >= 0.6 is 0 Å². The number of rotatable bonds is 4. The molecule has 2 rings (SSSR count). The number of amides is 1. The van der Waals surface area contributed by atoms with Crippen molar-refractivity contribution in [1.82, 2.24) is 5.32 Å². The molecule has 3 nitrogen and oxygen atoms in total. The Labute approximate surface area is 148 Å². The van der Waals surface area contributed by atoms with Gasteiger partial charge in [-0.05, 0) is 36.9 Å². The third kappa shape index (κ3) is 6.43. The molecular formula is C19H22F3NO2. The fourth-order valence-corrected chi connectivity index (χ4v) is 2.66. The predicted octanol–water partition coefficient (Wildman–Crippen LogP) is 3.72. The molecule has 0 saturated heterocycles. The summed E-state index contributed by atoms with van der Waals surface area (Å²) in [5, 5.41) is 11.7. The molecule has 0 radical (unpaired) electrons. The normalized spacial score (nSPS) is 18.4. The first-order chi connectivity index (χ1) is 12.6. The molecule has 25 heavy (non-hydrogen) atoms. The van der Waals surface area contributed by atoms with E-state index in [1.54, 1.807) is 12.1 Å². The standard InChI is InChI=1S/C19H22F3NO2/c20-19(21,22)18(25)23-12-11-17(24)16-8-4-7-15(13-16)10-9-14-5-2-1-3-6-14/h4,7-8,13-14,17,24H,1-3,5-6,11-12H2,(H,23,25)/i11D2. The second-order valence-electron chi connectivity index (χ2n) is 6.02. The van der Waals surface area contributed by atoms with Crippen molar-refractivity contribution in [1.29, 1.82) is 0 Å². The molecule has 6 heteroatoms. The number of carbonyl (C=O) groups is 1. The highest BCUT2D eigenvalue weighted by atomic mass is 19.4. The highest BCUT2D eigenvalue weighted by molar-refractivity contribution is 5.81. The molecule has 1 saturated carbocycles. The molecule has 0 spiro atoms. The largest absolute Gasteiger partial charge is 0.471 e. The number of aliphatic hydroxyl groups excluding tert-OH is 1. The molecule has 1 aromatic carbocycles. The van der Waals surface area contributed by atoms with Gasteiger partial charge in [0.15, 0.2) is 0 Å². The topological polar surface area (TPSA) is 49.3 Å². The minimum absolute atomic E-state index is 0.191. The van der Waals surface area contributed by atoms with Gasteiger partial charge in [-0.2, -0.15) is 13.2 Å². The molecular weight excluding hydrogens is 331 g/mol. The Kier molecular flexibility index (Phi) is 5.87. The third-order valence-electron chi connectivity index (χ3n) is 4.03. The molecule has 0 aliphatic heterocycles. The molecule has 1 aromatic rings. The number of nitrogens with one attached hydrogen (secondary N) is 1. The highest BCUT2D eigenvalue weighted by Gasteiger charge is 2.38. The summed E-state index contributed by atoms with van der Waals surface area (Å²) in [4.78, 5) is 10.9. The van der Waals surface area contributed by atoms with Gasteiger partial charge < -0.3 is 10.4 Å². The van der Waals surface area contributed by atoms with Gasteiger partial charge in [0, 0.05) is 20.8 Å². The summed E-state index contributed by atoms with van der Waals surface area (Å²) in [6, 6.07) is 6.32.